The van der Waals surface area contributed by atoms with Crippen molar-refractivity contribution in [3.05, 3.63) is 187 Å². The number of thiophene rings is 1. The van der Waals surface area contributed by atoms with E-state index in [-0.39, 0.29) is 5.41 Å². The first-order valence-electron chi connectivity index (χ1n) is 19.9. The zero-order valence-corrected chi connectivity index (χ0v) is 32.4. The molecule has 0 atom stereocenters. The Labute approximate surface area is 334 Å². The predicted octanol–water partition coefficient (Wildman–Crippen LogP) is 15.6. The summed E-state index contributed by atoms with van der Waals surface area (Å²) in [5, 5.41) is 7.88. The van der Waals surface area contributed by atoms with Gasteiger partial charge in [-0.1, -0.05) is 135 Å². The maximum absolute atomic E-state index is 2.52. The summed E-state index contributed by atoms with van der Waals surface area (Å²) in [7, 11) is 0. The van der Waals surface area contributed by atoms with Crippen LogP contribution in [0.15, 0.2) is 176 Å². The van der Waals surface area contributed by atoms with E-state index in [4.69, 9.17) is 0 Å². The molecule has 0 bridgehead atoms. The van der Waals surface area contributed by atoms with Crippen LogP contribution in [0, 0.1) is 0 Å². The summed E-state index contributed by atoms with van der Waals surface area (Å²) in [6.07, 6.45) is 0. The van der Waals surface area contributed by atoms with Gasteiger partial charge in [0.25, 0.3) is 0 Å². The van der Waals surface area contributed by atoms with Crippen molar-refractivity contribution in [2.45, 2.75) is 19.3 Å². The van der Waals surface area contributed by atoms with E-state index in [0.717, 1.165) is 0 Å². The lowest BCUT2D eigenvalue weighted by Crippen LogP contribution is -2.14. The molecule has 0 unspecified atom stereocenters. The van der Waals surface area contributed by atoms with Crippen LogP contribution in [0.5, 0.6) is 0 Å². The van der Waals surface area contributed by atoms with Crippen LogP contribution in [-0.2, 0) is 5.41 Å². The quantitative estimate of drug-likeness (QED) is 0.170. The molecule has 0 radical (unpaired) electrons. The Balaban J connectivity index is 1.04. The molecule has 0 saturated heterocycles. The molecule has 266 valence electrons. The summed E-state index contributed by atoms with van der Waals surface area (Å²) in [4.78, 5) is 0. The van der Waals surface area contributed by atoms with Crippen LogP contribution in [0.3, 0.4) is 0 Å². The molecular weight excluding hydrogens is 707 g/mol. The molecule has 0 amide bonds. The van der Waals surface area contributed by atoms with Crippen molar-refractivity contribution < 1.29 is 0 Å². The predicted molar refractivity (Wildman–Crippen MR) is 244 cm³/mol. The molecule has 0 spiro atoms. The average Bonchev–Trinajstić information content (AvgIpc) is 3.96. The van der Waals surface area contributed by atoms with Gasteiger partial charge in [-0.05, 0) is 132 Å². The van der Waals surface area contributed by atoms with Gasteiger partial charge in [0.15, 0.2) is 0 Å². The van der Waals surface area contributed by atoms with E-state index in [0.29, 0.717) is 0 Å². The minimum absolute atomic E-state index is 0.102. The molecule has 0 N–H and O–H groups in total. The van der Waals surface area contributed by atoms with Gasteiger partial charge in [-0.15, -0.1) is 11.3 Å². The van der Waals surface area contributed by atoms with Gasteiger partial charge >= 0.3 is 0 Å². The molecule has 2 aliphatic carbocycles. The van der Waals surface area contributed by atoms with Crippen molar-refractivity contribution in [2.75, 3.05) is 0 Å². The summed E-state index contributed by atoms with van der Waals surface area (Å²) in [5.41, 5.74) is 19.3. The van der Waals surface area contributed by atoms with Crippen LogP contribution in [0.4, 0.5) is 0 Å². The van der Waals surface area contributed by atoms with Gasteiger partial charge in [0.05, 0.1) is 11.0 Å². The average molecular weight is 742 g/mol. The Kier molecular flexibility index (Phi) is 6.18. The zero-order valence-electron chi connectivity index (χ0n) is 31.6. The van der Waals surface area contributed by atoms with Gasteiger partial charge in [-0.2, -0.15) is 0 Å². The molecule has 13 rings (SSSR count). The first-order valence-corrected chi connectivity index (χ1v) is 20.7. The number of hydrogen-bond acceptors (Lipinski definition) is 1. The Hall–Kier alpha value is -6.74. The zero-order chi connectivity index (χ0) is 37.6. The summed E-state index contributed by atoms with van der Waals surface area (Å²) in [6.45, 7) is 4.76. The minimum Gasteiger partial charge on any atom is -0.309 e. The number of rotatable bonds is 3. The number of fused-ring (bicyclic) bond motifs is 12. The lowest BCUT2D eigenvalue weighted by molar-refractivity contribution is 0.661. The normalized spacial score (nSPS) is 13.6. The highest BCUT2D eigenvalue weighted by Crippen LogP contribution is 2.52. The molecule has 11 aromatic rings. The van der Waals surface area contributed by atoms with E-state index in [2.05, 4.69) is 194 Å². The fraction of sp³-hybridized carbons (Fsp3) is 0.0545. The number of nitrogens with zero attached hydrogens (tertiary/aromatic N) is 1. The number of benzene rings is 9. The molecule has 9 aromatic carbocycles. The van der Waals surface area contributed by atoms with Crippen LogP contribution < -0.4 is 0 Å². The first kappa shape index (κ1) is 31.5. The molecule has 2 aromatic heterocycles. The van der Waals surface area contributed by atoms with Crippen LogP contribution in [0.1, 0.15) is 25.0 Å². The number of hydrogen-bond donors (Lipinski definition) is 0. The first-order chi connectivity index (χ1) is 28.0. The highest BCUT2D eigenvalue weighted by molar-refractivity contribution is 7.25. The van der Waals surface area contributed by atoms with E-state index in [1.165, 1.54) is 125 Å². The molecule has 1 nitrogen and oxygen atoms in total. The highest BCUT2D eigenvalue weighted by atomic mass is 32.1. The van der Waals surface area contributed by atoms with Crippen molar-refractivity contribution >= 4 is 64.1 Å². The van der Waals surface area contributed by atoms with E-state index in [1.54, 1.807) is 0 Å². The number of aromatic nitrogens is 1. The van der Waals surface area contributed by atoms with E-state index in [1.807, 2.05) is 11.3 Å². The largest absolute Gasteiger partial charge is 0.309 e. The van der Waals surface area contributed by atoms with Crippen LogP contribution >= 0.6 is 11.3 Å². The molecule has 0 fully saturated rings. The maximum atomic E-state index is 2.52. The van der Waals surface area contributed by atoms with Crippen molar-refractivity contribution in [2.24, 2.45) is 0 Å². The second-order valence-corrected chi connectivity index (χ2v) is 17.5. The van der Waals surface area contributed by atoms with Crippen LogP contribution in [-0.4, -0.2) is 4.57 Å². The van der Waals surface area contributed by atoms with Crippen molar-refractivity contribution in [1.82, 2.24) is 4.57 Å². The second-order valence-electron chi connectivity index (χ2n) is 16.4. The second kappa shape index (κ2) is 11.2. The van der Waals surface area contributed by atoms with Crippen LogP contribution in [0.25, 0.3) is 114 Å². The summed E-state index contributed by atoms with van der Waals surface area (Å²) in [6, 6.07) is 66.4. The molecule has 2 aliphatic rings. The highest BCUT2D eigenvalue weighted by Gasteiger charge is 2.36. The smallest absolute Gasteiger partial charge is 0.0544 e. The van der Waals surface area contributed by atoms with E-state index < -0.39 is 0 Å². The fourth-order valence-corrected chi connectivity index (χ4v) is 11.5. The van der Waals surface area contributed by atoms with Gasteiger partial charge in [-0.25, -0.2) is 0 Å². The standard InChI is InChI=1S/C55H35NS/c1-55(2)48-19-7-5-15-39(48)44-30-46-45-28-32(33-22-26-53-47(29-33)40-16-6-8-20-52(40)57-53)21-25-50(45)56(51(46)31-49(44)55)35-12-9-11-34(27-35)36-23-24-43-38-14-4-3-13-37(38)42-18-10-17-41(36)54(42)43/h3-31H,1-2H3. The topological polar surface area (TPSA) is 4.93 Å². The molecule has 57 heavy (non-hydrogen) atoms. The molecule has 0 aliphatic heterocycles. The van der Waals surface area contributed by atoms with Gasteiger partial charge in [0, 0.05) is 42.0 Å². The summed E-state index contributed by atoms with van der Waals surface area (Å²) >= 11 is 1.87. The third-order valence-corrected chi connectivity index (χ3v) is 14.3. The lowest BCUT2D eigenvalue weighted by atomic mass is 9.82. The van der Waals surface area contributed by atoms with Gasteiger partial charge in [-0.3, -0.25) is 0 Å². The van der Waals surface area contributed by atoms with Gasteiger partial charge in [0.1, 0.15) is 0 Å². The Bertz CT molecular complexity index is 3530. The molecule has 2 heteroatoms. The monoisotopic (exact) mass is 741 g/mol. The van der Waals surface area contributed by atoms with Gasteiger partial charge in [0.2, 0.25) is 0 Å². The van der Waals surface area contributed by atoms with E-state index in [9.17, 15) is 0 Å². The SMILES string of the molecule is CC1(C)c2ccccc2-c2cc3c4cc(-c5ccc6sc7ccccc7c6c5)ccc4n(-c4cccc(-c5ccc6c7c(cccc57)-c5ccccc5-6)c4)c3cc21. The molecule has 0 saturated carbocycles. The fourth-order valence-electron chi connectivity index (χ4n) is 10.4. The Morgan fingerprint density at radius 1 is 0.368 bits per heavy atom. The molecular formula is C55H35NS. The minimum atomic E-state index is -0.102. The van der Waals surface area contributed by atoms with E-state index >= 15 is 0 Å². The van der Waals surface area contributed by atoms with Crippen molar-refractivity contribution in [3.63, 3.8) is 0 Å². The molecule has 2 heterocycles. The van der Waals surface area contributed by atoms with Crippen LogP contribution in [0.2, 0.25) is 0 Å². The van der Waals surface area contributed by atoms with Crippen molar-refractivity contribution in [3.8, 4) is 61.3 Å². The van der Waals surface area contributed by atoms with Crippen molar-refractivity contribution in [1.29, 1.82) is 0 Å². The maximum Gasteiger partial charge on any atom is 0.0544 e. The lowest BCUT2D eigenvalue weighted by Gasteiger charge is -2.21. The Morgan fingerprint density at radius 2 is 1.02 bits per heavy atom. The third-order valence-electron chi connectivity index (χ3n) is 13.1. The summed E-state index contributed by atoms with van der Waals surface area (Å²) < 4.78 is 5.19. The summed E-state index contributed by atoms with van der Waals surface area (Å²) in [5.74, 6) is 0. The Morgan fingerprint density at radius 3 is 1.89 bits per heavy atom. The van der Waals surface area contributed by atoms with Gasteiger partial charge < -0.3 is 4.57 Å². The third kappa shape index (κ3) is 4.23.